The van der Waals surface area contributed by atoms with Crippen LogP contribution in [0.4, 0.5) is 0 Å². The maximum Gasteiger partial charge on any atom is 0.259 e. The quantitative estimate of drug-likeness (QED) is 0.443. The Labute approximate surface area is 198 Å². The predicted molar refractivity (Wildman–Crippen MR) is 129 cm³/mol. The fraction of sp³-hybridized carbons (Fsp3) is 0.259. The summed E-state index contributed by atoms with van der Waals surface area (Å²) in [5, 5.41) is 2.31. The number of aromatic nitrogens is 3. The van der Waals surface area contributed by atoms with Crippen molar-refractivity contribution in [2.45, 2.75) is 13.3 Å². The molecule has 1 saturated heterocycles. The van der Waals surface area contributed by atoms with Gasteiger partial charge < -0.3 is 14.4 Å². The molecule has 3 aromatic heterocycles. The first-order valence-corrected chi connectivity index (χ1v) is 11.4. The second-order valence-electron chi connectivity index (χ2n) is 8.50. The number of ether oxygens (including phenoxy) is 2. The van der Waals surface area contributed by atoms with Gasteiger partial charge in [0.25, 0.3) is 5.91 Å². The van der Waals surface area contributed by atoms with Gasteiger partial charge in [-0.2, -0.15) is 0 Å². The number of hydrogen-bond acceptors (Lipinski definition) is 6. The van der Waals surface area contributed by atoms with Gasteiger partial charge >= 0.3 is 0 Å². The fourth-order valence-electron chi connectivity index (χ4n) is 4.30. The lowest BCUT2D eigenvalue weighted by Gasteiger charge is -2.24. The third-order valence-electron chi connectivity index (χ3n) is 6.00. The first kappa shape index (κ1) is 22.0. The Kier molecular flexibility index (Phi) is 6.44. The summed E-state index contributed by atoms with van der Waals surface area (Å²) in [7, 11) is 0. The number of nitrogens with zero attached hydrogens (tertiary/aromatic N) is 4. The zero-order valence-electron chi connectivity index (χ0n) is 19.1. The summed E-state index contributed by atoms with van der Waals surface area (Å²) in [6.45, 7) is 4.14. The summed E-state index contributed by atoms with van der Waals surface area (Å²) in [5.74, 6) is 0.885. The van der Waals surface area contributed by atoms with Crippen LogP contribution in [0.5, 0.6) is 11.6 Å². The number of hydrogen-bond donors (Lipinski definition) is 0. The van der Waals surface area contributed by atoms with E-state index >= 15 is 0 Å². The van der Waals surface area contributed by atoms with Crippen LogP contribution in [0, 0.1) is 12.8 Å². The van der Waals surface area contributed by atoms with E-state index in [0.717, 1.165) is 17.5 Å². The summed E-state index contributed by atoms with van der Waals surface area (Å²) in [6.07, 6.45) is 7.77. The summed E-state index contributed by atoms with van der Waals surface area (Å²) in [6, 6.07) is 15.5. The normalized spacial score (nSPS) is 16.3. The largest absolute Gasteiger partial charge is 0.437 e. The number of rotatable bonds is 5. The Balaban J connectivity index is 1.35. The van der Waals surface area contributed by atoms with E-state index < -0.39 is 0 Å². The molecule has 7 nitrogen and oxygen atoms in total. The summed E-state index contributed by atoms with van der Waals surface area (Å²) in [5.41, 5.74) is 2.56. The smallest absolute Gasteiger partial charge is 0.259 e. The molecule has 1 aliphatic heterocycles. The summed E-state index contributed by atoms with van der Waals surface area (Å²) < 4.78 is 11.8. The second-order valence-corrected chi connectivity index (χ2v) is 8.50. The van der Waals surface area contributed by atoms with Gasteiger partial charge in [0.05, 0.1) is 19.4 Å². The van der Waals surface area contributed by atoms with Crippen molar-refractivity contribution in [2.24, 2.45) is 5.92 Å². The van der Waals surface area contributed by atoms with Crippen molar-refractivity contribution in [1.82, 2.24) is 19.9 Å². The number of benzene rings is 1. The van der Waals surface area contributed by atoms with Gasteiger partial charge in [0.15, 0.2) is 0 Å². The van der Waals surface area contributed by atoms with Gasteiger partial charge in [-0.25, -0.2) is 4.98 Å². The molecule has 7 heteroatoms. The van der Waals surface area contributed by atoms with Crippen molar-refractivity contribution in [3.05, 3.63) is 90.1 Å². The maximum atomic E-state index is 13.6. The molecule has 1 fully saturated rings. The van der Waals surface area contributed by atoms with Gasteiger partial charge in [-0.05, 0) is 54.6 Å². The molecule has 34 heavy (non-hydrogen) atoms. The zero-order valence-corrected chi connectivity index (χ0v) is 19.1. The average molecular weight is 455 g/mol. The molecule has 4 aromatic rings. The van der Waals surface area contributed by atoms with E-state index in [0.29, 0.717) is 37.6 Å². The highest BCUT2D eigenvalue weighted by molar-refractivity contribution is 5.96. The Bertz CT molecular complexity index is 1290. The number of amides is 1. The standard InChI is InChI=1S/C27H26N4O3/c1-19-7-8-23(16-30-19)34-26-25(6-3-10-29-26)27(32)31-12-13-33-18-20(17-31)14-21-4-2-5-22-15-28-11-9-24(21)22/h2-11,15-16,20H,12-14,17-18H2,1H3/t20-/m0/s1. The molecular weight excluding hydrogens is 428 g/mol. The van der Waals surface area contributed by atoms with Gasteiger partial charge in [-0.15, -0.1) is 0 Å². The highest BCUT2D eigenvalue weighted by Gasteiger charge is 2.26. The van der Waals surface area contributed by atoms with E-state index in [-0.39, 0.29) is 17.7 Å². The average Bonchev–Trinajstić information content (AvgIpc) is 3.11. The lowest BCUT2D eigenvalue weighted by molar-refractivity contribution is 0.0734. The molecule has 5 rings (SSSR count). The highest BCUT2D eigenvalue weighted by atomic mass is 16.5. The third-order valence-corrected chi connectivity index (χ3v) is 6.00. The van der Waals surface area contributed by atoms with Crippen molar-refractivity contribution < 1.29 is 14.3 Å². The fourth-order valence-corrected chi connectivity index (χ4v) is 4.30. The van der Waals surface area contributed by atoms with Crippen molar-refractivity contribution in [3.8, 4) is 11.6 Å². The molecule has 0 saturated carbocycles. The Morgan fingerprint density at radius 2 is 2.03 bits per heavy atom. The number of pyridine rings is 3. The van der Waals surface area contributed by atoms with E-state index in [4.69, 9.17) is 9.47 Å². The molecule has 1 aliphatic rings. The molecule has 0 N–H and O–H groups in total. The van der Waals surface area contributed by atoms with Gasteiger partial charge in [0.2, 0.25) is 5.88 Å². The third kappa shape index (κ3) is 4.89. The molecule has 0 aliphatic carbocycles. The van der Waals surface area contributed by atoms with Crippen molar-refractivity contribution >= 4 is 16.7 Å². The molecule has 0 radical (unpaired) electrons. The van der Waals surface area contributed by atoms with Crippen LogP contribution >= 0.6 is 0 Å². The van der Waals surface area contributed by atoms with Crippen LogP contribution in [0.15, 0.2) is 73.3 Å². The molecule has 1 amide bonds. The van der Waals surface area contributed by atoms with E-state index in [1.165, 1.54) is 10.9 Å². The van der Waals surface area contributed by atoms with E-state index in [1.807, 2.05) is 42.4 Å². The van der Waals surface area contributed by atoms with Crippen LogP contribution < -0.4 is 4.74 Å². The molecule has 172 valence electrons. The molecular formula is C27H26N4O3. The minimum atomic E-state index is -0.110. The van der Waals surface area contributed by atoms with Gasteiger partial charge in [0, 0.05) is 48.7 Å². The van der Waals surface area contributed by atoms with Crippen molar-refractivity contribution in [3.63, 3.8) is 0 Å². The zero-order chi connectivity index (χ0) is 23.3. The van der Waals surface area contributed by atoms with Crippen LogP contribution in [0.2, 0.25) is 0 Å². The molecule has 1 atom stereocenters. The topological polar surface area (TPSA) is 77.4 Å². The van der Waals surface area contributed by atoms with E-state index in [1.54, 1.807) is 24.5 Å². The monoisotopic (exact) mass is 454 g/mol. The first-order chi connectivity index (χ1) is 16.7. The molecule has 1 aromatic carbocycles. The van der Waals surface area contributed by atoms with Crippen LogP contribution in [0.1, 0.15) is 21.6 Å². The number of aryl methyl sites for hydroxylation is 1. The Morgan fingerprint density at radius 1 is 1.09 bits per heavy atom. The van der Waals surface area contributed by atoms with Crippen LogP contribution in [-0.2, 0) is 11.2 Å². The molecule has 4 heterocycles. The van der Waals surface area contributed by atoms with E-state index in [2.05, 4.69) is 33.2 Å². The number of fused-ring (bicyclic) bond motifs is 1. The van der Waals surface area contributed by atoms with Crippen molar-refractivity contribution in [2.75, 3.05) is 26.3 Å². The minimum Gasteiger partial charge on any atom is -0.437 e. The Hall–Kier alpha value is -3.84. The van der Waals surface area contributed by atoms with Crippen LogP contribution in [-0.4, -0.2) is 52.1 Å². The van der Waals surface area contributed by atoms with Crippen LogP contribution in [0.3, 0.4) is 0 Å². The second kappa shape index (κ2) is 9.97. The molecule has 0 spiro atoms. The highest BCUT2D eigenvalue weighted by Crippen LogP contribution is 2.26. The van der Waals surface area contributed by atoms with Gasteiger partial charge in [-0.3, -0.25) is 14.8 Å². The van der Waals surface area contributed by atoms with Gasteiger partial charge in [0.1, 0.15) is 11.3 Å². The van der Waals surface area contributed by atoms with Gasteiger partial charge in [-0.1, -0.05) is 18.2 Å². The lowest BCUT2D eigenvalue weighted by Crippen LogP contribution is -2.36. The first-order valence-electron chi connectivity index (χ1n) is 11.4. The van der Waals surface area contributed by atoms with Crippen molar-refractivity contribution in [1.29, 1.82) is 0 Å². The van der Waals surface area contributed by atoms with E-state index in [9.17, 15) is 4.79 Å². The summed E-state index contributed by atoms with van der Waals surface area (Å²) in [4.78, 5) is 28.2. The number of carbonyl (C=O) groups is 1. The minimum absolute atomic E-state index is 0.110. The molecule has 0 bridgehead atoms. The number of carbonyl (C=O) groups excluding carboxylic acids is 1. The SMILES string of the molecule is Cc1ccc(Oc2ncccc2C(=O)N2CCOC[C@@H](Cc3cccc4cnccc34)C2)cn1. The molecule has 0 unspecified atom stereocenters. The Morgan fingerprint density at radius 3 is 2.91 bits per heavy atom. The van der Waals surface area contributed by atoms with Crippen LogP contribution in [0.25, 0.3) is 10.8 Å². The lowest BCUT2D eigenvalue weighted by atomic mass is 9.95. The maximum absolute atomic E-state index is 13.6. The summed E-state index contributed by atoms with van der Waals surface area (Å²) >= 11 is 0. The predicted octanol–water partition coefficient (Wildman–Crippen LogP) is 4.46.